The lowest BCUT2D eigenvalue weighted by molar-refractivity contribution is 0.0944. The quantitative estimate of drug-likeness (QED) is 0.883. The highest BCUT2D eigenvalue weighted by Crippen LogP contribution is 2.13. The number of hydrogen-bond acceptors (Lipinski definition) is 5. The van der Waals surface area contributed by atoms with Crippen LogP contribution in [-0.2, 0) is 0 Å². The molecule has 0 aliphatic rings. The molecule has 0 aromatic carbocycles. The van der Waals surface area contributed by atoms with Gasteiger partial charge in [-0.1, -0.05) is 13.8 Å². The first-order chi connectivity index (χ1) is 8.16. The van der Waals surface area contributed by atoms with E-state index in [1.165, 1.54) is 22.3 Å². The molecule has 0 spiro atoms. The van der Waals surface area contributed by atoms with E-state index < -0.39 is 0 Å². The average molecular weight is 251 g/mol. The van der Waals surface area contributed by atoms with Gasteiger partial charge in [-0.05, 0) is 5.92 Å². The van der Waals surface area contributed by atoms with E-state index in [-0.39, 0.29) is 5.91 Å². The average Bonchev–Trinajstić information content (AvgIpc) is 2.94. The Morgan fingerprint density at radius 3 is 3.06 bits per heavy atom. The van der Waals surface area contributed by atoms with Crippen molar-refractivity contribution in [2.24, 2.45) is 5.92 Å². The predicted octanol–water partition coefficient (Wildman–Crippen LogP) is 1.11. The number of aromatic nitrogens is 4. The van der Waals surface area contributed by atoms with Crippen LogP contribution in [0.4, 0.5) is 0 Å². The molecule has 1 N–H and O–H groups in total. The van der Waals surface area contributed by atoms with Gasteiger partial charge < -0.3 is 5.32 Å². The van der Waals surface area contributed by atoms with Crippen LogP contribution in [0.25, 0.3) is 5.13 Å². The molecule has 0 aliphatic heterocycles. The Kier molecular flexibility index (Phi) is 3.48. The summed E-state index contributed by atoms with van der Waals surface area (Å²) in [5.41, 5.74) is 0.418. The fourth-order valence-corrected chi connectivity index (χ4v) is 1.90. The minimum atomic E-state index is -0.152. The summed E-state index contributed by atoms with van der Waals surface area (Å²) >= 11 is 1.36. The van der Waals surface area contributed by atoms with Crippen LogP contribution in [0.15, 0.2) is 18.0 Å². The van der Waals surface area contributed by atoms with Crippen LogP contribution in [-0.4, -0.2) is 32.2 Å². The molecule has 0 radical (unpaired) electrons. The maximum Gasteiger partial charge on any atom is 0.270 e. The van der Waals surface area contributed by atoms with Gasteiger partial charge in [0.1, 0.15) is 18.3 Å². The Hall–Kier alpha value is -1.76. The summed E-state index contributed by atoms with van der Waals surface area (Å²) in [6.07, 6.45) is 2.98. The zero-order valence-electron chi connectivity index (χ0n) is 9.62. The molecule has 0 saturated carbocycles. The van der Waals surface area contributed by atoms with E-state index in [1.807, 2.05) is 13.8 Å². The van der Waals surface area contributed by atoms with Gasteiger partial charge in [-0.3, -0.25) is 4.79 Å². The number of hydrogen-bond donors (Lipinski definition) is 1. The van der Waals surface area contributed by atoms with Crippen molar-refractivity contribution < 1.29 is 4.79 Å². The van der Waals surface area contributed by atoms with E-state index in [2.05, 4.69) is 20.4 Å². The summed E-state index contributed by atoms with van der Waals surface area (Å²) in [7, 11) is 0. The third kappa shape index (κ3) is 2.88. The first-order valence-corrected chi connectivity index (χ1v) is 6.13. The molecule has 0 fully saturated rings. The molecule has 0 aliphatic carbocycles. The maximum absolute atomic E-state index is 11.7. The molecular weight excluding hydrogens is 238 g/mol. The molecule has 17 heavy (non-hydrogen) atoms. The standard InChI is InChI=1S/C10H13N5OS/c1-7(2)3-12-9(16)8-4-17-10(14-8)15-6-11-5-13-15/h4-7H,3H2,1-2H3,(H,12,16). The second kappa shape index (κ2) is 5.05. The van der Waals surface area contributed by atoms with Gasteiger partial charge in [-0.2, -0.15) is 9.78 Å². The van der Waals surface area contributed by atoms with E-state index in [1.54, 1.807) is 11.7 Å². The van der Waals surface area contributed by atoms with Crippen molar-refractivity contribution in [3.63, 3.8) is 0 Å². The molecule has 6 nitrogen and oxygen atoms in total. The summed E-state index contributed by atoms with van der Waals surface area (Å²) in [5, 5.41) is 9.12. The third-order valence-electron chi connectivity index (χ3n) is 2.01. The lowest BCUT2D eigenvalue weighted by Gasteiger charge is -2.05. The largest absolute Gasteiger partial charge is 0.350 e. The zero-order chi connectivity index (χ0) is 12.3. The van der Waals surface area contributed by atoms with Crippen LogP contribution >= 0.6 is 11.3 Å². The minimum absolute atomic E-state index is 0.152. The van der Waals surface area contributed by atoms with Crippen molar-refractivity contribution in [2.75, 3.05) is 6.54 Å². The van der Waals surface area contributed by atoms with Gasteiger partial charge in [0.05, 0.1) is 0 Å². The monoisotopic (exact) mass is 251 g/mol. The molecule has 2 heterocycles. The zero-order valence-corrected chi connectivity index (χ0v) is 10.4. The van der Waals surface area contributed by atoms with Crippen LogP contribution < -0.4 is 5.32 Å². The Labute approximate surface area is 103 Å². The van der Waals surface area contributed by atoms with Crippen LogP contribution in [0.1, 0.15) is 24.3 Å². The molecule has 2 aromatic rings. The van der Waals surface area contributed by atoms with E-state index in [4.69, 9.17) is 0 Å². The lowest BCUT2D eigenvalue weighted by Crippen LogP contribution is -2.27. The van der Waals surface area contributed by atoms with Gasteiger partial charge in [-0.15, -0.1) is 11.3 Å². The summed E-state index contributed by atoms with van der Waals surface area (Å²) in [6.45, 7) is 4.74. The highest BCUT2D eigenvalue weighted by Gasteiger charge is 2.11. The van der Waals surface area contributed by atoms with Crippen molar-refractivity contribution in [1.29, 1.82) is 0 Å². The summed E-state index contributed by atoms with van der Waals surface area (Å²) in [6, 6.07) is 0. The lowest BCUT2D eigenvalue weighted by atomic mass is 10.2. The highest BCUT2D eigenvalue weighted by molar-refractivity contribution is 7.12. The van der Waals surface area contributed by atoms with Gasteiger partial charge in [-0.25, -0.2) is 9.97 Å². The van der Waals surface area contributed by atoms with Gasteiger partial charge >= 0.3 is 0 Å². The van der Waals surface area contributed by atoms with Crippen molar-refractivity contribution in [3.05, 3.63) is 23.7 Å². The van der Waals surface area contributed by atoms with Crippen molar-refractivity contribution in [1.82, 2.24) is 25.1 Å². The molecule has 2 aromatic heterocycles. The van der Waals surface area contributed by atoms with Gasteiger partial charge in [0.15, 0.2) is 0 Å². The number of nitrogens with one attached hydrogen (secondary N) is 1. The highest BCUT2D eigenvalue weighted by atomic mass is 32.1. The second-order valence-corrected chi connectivity index (χ2v) is 4.80. The smallest absolute Gasteiger partial charge is 0.270 e. The summed E-state index contributed by atoms with van der Waals surface area (Å²) in [4.78, 5) is 19.7. The number of rotatable bonds is 4. The third-order valence-corrected chi connectivity index (χ3v) is 2.84. The van der Waals surface area contributed by atoms with E-state index in [0.29, 0.717) is 23.3 Å². The first-order valence-electron chi connectivity index (χ1n) is 5.25. The minimum Gasteiger partial charge on any atom is -0.350 e. The number of carbonyl (C=O) groups excluding carboxylic acids is 1. The molecule has 90 valence electrons. The fourth-order valence-electron chi connectivity index (χ4n) is 1.17. The van der Waals surface area contributed by atoms with Crippen LogP contribution in [0.2, 0.25) is 0 Å². The Bertz CT molecular complexity index is 491. The molecule has 7 heteroatoms. The van der Waals surface area contributed by atoms with Crippen LogP contribution in [0, 0.1) is 5.92 Å². The number of amides is 1. The van der Waals surface area contributed by atoms with E-state index >= 15 is 0 Å². The molecule has 2 rings (SSSR count). The van der Waals surface area contributed by atoms with Crippen molar-refractivity contribution in [2.45, 2.75) is 13.8 Å². The summed E-state index contributed by atoms with van der Waals surface area (Å²) < 4.78 is 1.53. The predicted molar refractivity (Wildman–Crippen MR) is 64.2 cm³/mol. The SMILES string of the molecule is CC(C)CNC(=O)c1csc(-n2cncn2)n1. The van der Waals surface area contributed by atoms with Gasteiger partial charge in [0.2, 0.25) is 5.13 Å². The Morgan fingerprint density at radius 2 is 2.41 bits per heavy atom. The molecule has 1 amide bonds. The topological polar surface area (TPSA) is 72.7 Å². The molecule has 0 saturated heterocycles. The van der Waals surface area contributed by atoms with Crippen molar-refractivity contribution in [3.8, 4) is 5.13 Å². The second-order valence-electron chi connectivity index (χ2n) is 3.96. The van der Waals surface area contributed by atoms with Gasteiger partial charge in [0, 0.05) is 11.9 Å². The molecule has 0 atom stereocenters. The van der Waals surface area contributed by atoms with E-state index in [9.17, 15) is 4.79 Å². The Balaban J connectivity index is 2.05. The molecular formula is C10H13N5OS. The number of nitrogens with zero attached hydrogens (tertiary/aromatic N) is 4. The fraction of sp³-hybridized carbons (Fsp3) is 0.400. The van der Waals surface area contributed by atoms with Crippen LogP contribution in [0.5, 0.6) is 0 Å². The first kappa shape index (κ1) is 11.7. The van der Waals surface area contributed by atoms with Crippen LogP contribution in [0.3, 0.4) is 0 Å². The van der Waals surface area contributed by atoms with Crippen molar-refractivity contribution >= 4 is 17.2 Å². The summed E-state index contributed by atoms with van der Waals surface area (Å²) in [5.74, 6) is 0.272. The Morgan fingerprint density at radius 1 is 1.59 bits per heavy atom. The normalized spacial score (nSPS) is 10.8. The number of carbonyl (C=O) groups is 1. The molecule has 0 bridgehead atoms. The molecule has 0 unspecified atom stereocenters. The maximum atomic E-state index is 11.7. The van der Waals surface area contributed by atoms with Gasteiger partial charge in [0.25, 0.3) is 5.91 Å². The van der Waals surface area contributed by atoms with E-state index in [0.717, 1.165) is 0 Å². The number of thiazole rings is 1.